The molecule has 0 aliphatic rings. The van der Waals surface area contributed by atoms with Crippen LogP contribution in [-0.2, 0) is 6.54 Å². The van der Waals surface area contributed by atoms with Gasteiger partial charge in [0, 0.05) is 17.8 Å². The second-order valence-electron chi connectivity index (χ2n) is 7.12. The molecule has 2 aromatic heterocycles. The second kappa shape index (κ2) is 8.88. The molecule has 0 bridgehead atoms. The number of nitro groups is 1. The third-order valence-electron chi connectivity index (χ3n) is 4.96. The number of nitrogens with zero attached hydrogens (tertiary/aromatic N) is 4. The molecule has 2 aromatic carbocycles. The molecule has 9 heteroatoms. The first-order chi connectivity index (χ1) is 15.4. The van der Waals surface area contributed by atoms with Crippen molar-refractivity contribution in [3.05, 3.63) is 92.8 Å². The van der Waals surface area contributed by atoms with E-state index < -0.39 is 4.92 Å². The van der Waals surface area contributed by atoms with Crippen LogP contribution in [0.2, 0.25) is 5.02 Å². The third kappa shape index (κ3) is 4.43. The molecule has 0 atom stereocenters. The van der Waals surface area contributed by atoms with Crippen molar-refractivity contribution in [3.8, 4) is 28.5 Å². The zero-order valence-electron chi connectivity index (χ0n) is 17.0. The van der Waals surface area contributed by atoms with Gasteiger partial charge in [0.15, 0.2) is 0 Å². The Bertz CT molecular complexity index is 1360. The smallest absolute Gasteiger partial charge is 0.288 e. The minimum atomic E-state index is -0.515. The van der Waals surface area contributed by atoms with Crippen molar-refractivity contribution >= 4 is 23.1 Å². The van der Waals surface area contributed by atoms with Gasteiger partial charge in [-0.3, -0.25) is 15.2 Å². The van der Waals surface area contributed by atoms with E-state index in [2.05, 4.69) is 26.6 Å². The number of rotatable bonds is 6. The van der Waals surface area contributed by atoms with E-state index in [0.717, 1.165) is 22.4 Å². The van der Waals surface area contributed by atoms with Crippen LogP contribution in [0.4, 0.5) is 11.5 Å². The Labute approximate surface area is 188 Å². The summed E-state index contributed by atoms with van der Waals surface area (Å²) in [6.45, 7) is 2.38. The fraction of sp³-hybridized carbons (Fsp3) is 0.0870. The summed E-state index contributed by atoms with van der Waals surface area (Å²) >= 11 is 5.88. The SMILES string of the molecule is Cc1cc(C#N)ccc1-c1ccnc(NCc2cc(-c3ccc(Cl)c([N+](=O)[O-])c3)[nH]n2)c1. The van der Waals surface area contributed by atoms with Crippen LogP contribution in [-0.4, -0.2) is 20.1 Å². The van der Waals surface area contributed by atoms with Gasteiger partial charge < -0.3 is 5.32 Å². The molecule has 0 radical (unpaired) electrons. The van der Waals surface area contributed by atoms with Gasteiger partial charge in [-0.1, -0.05) is 23.7 Å². The summed E-state index contributed by atoms with van der Waals surface area (Å²) in [4.78, 5) is 15.0. The van der Waals surface area contributed by atoms with Crippen molar-refractivity contribution in [2.24, 2.45) is 0 Å². The van der Waals surface area contributed by atoms with Crippen LogP contribution in [0.25, 0.3) is 22.4 Å². The maximum absolute atomic E-state index is 11.1. The highest BCUT2D eigenvalue weighted by molar-refractivity contribution is 6.32. The van der Waals surface area contributed by atoms with E-state index in [1.54, 1.807) is 18.3 Å². The maximum Gasteiger partial charge on any atom is 0.288 e. The van der Waals surface area contributed by atoms with Crippen LogP contribution >= 0.6 is 11.6 Å². The predicted molar refractivity (Wildman–Crippen MR) is 122 cm³/mol. The van der Waals surface area contributed by atoms with E-state index >= 15 is 0 Å². The lowest BCUT2D eigenvalue weighted by molar-refractivity contribution is -0.384. The van der Waals surface area contributed by atoms with Crippen molar-refractivity contribution in [1.29, 1.82) is 5.26 Å². The Morgan fingerprint density at radius 2 is 2.00 bits per heavy atom. The number of hydrogen-bond acceptors (Lipinski definition) is 6. The molecule has 0 aliphatic carbocycles. The van der Waals surface area contributed by atoms with Gasteiger partial charge in [-0.05, 0) is 60.0 Å². The van der Waals surface area contributed by atoms with E-state index in [-0.39, 0.29) is 10.7 Å². The Morgan fingerprint density at radius 3 is 2.75 bits per heavy atom. The first-order valence-corrected chi connectivity index (χ1v) is 10.0. The van der Waals surface area contributed by atoms with Crippen LogP contribution < -0.4 is 5.32 Å². The predicted octanol–water partition coefficient (Wildman–Crippen LogP) is 5.49. The lowest BCUT2D eigenvalue weighted by atomic mass is 9.99. The number of nitriles is 1. The molecule has 0 fully saturated rings. The monoisotopic (exact) mass is 444 g/mol. The van der Waals surface area contributed by atoms with Gasteiger partial charge in [-0.15, -0.1) is 0 Å². The van der Waals surface area contributed by atoms with Crippen LogP contribution in [0, 0.1) is 28.4 Å². The van der Waals surface area contributed by atoms with E-state index in [4.69, 9.17) is 16.9 Å². The van der Waals surface area contributed by atoms with E-state index in [0.29, 0.717) is 29.2 Å². The Hall–Kier alpha value is -4.22. The normalized spacial score (nSPS) is 10.5. The molecule has 158 valence electrons. The Morgan fingerprint density at radius 1 is 1.16 bits per heavy atom. The molecular formula is C23H17ClN6O2. The van der Waals surface area contributed by atoms with E-state index in [1.807, 2.05) is 37.3 Å². The lowest BCUT2D eigenvalue weighted by Crippen LogP contribution is -2.01. The third-order valence-corrected chi connectivity index (χ3v) is 5.28. The van der Waals surface area contributed by atoms with Gasteiger partial charge in [-0.2, -0.15) is 10.4 Å². The van der Waals surface area contributed by atoms with Crippen molar-refractivity contribution in [2.75, 3.05) is 5.32 Å². The van der Waals surface area contributed by atoms with Gasteiger partial charge in [0.1, 0.15) is 10.8 Å². The van der Waals surface area contributed by atoms with Crippen LogP contribution in [0.5, 0.6) is 0 Å². The van der Waals surface area contributed by atoms with Crippen LogP contribution in [0.3, 0.4) is 0 Å². The molecule has 2 N–H and O–H groups in total. The molecular weight excluding hydrogens is 428 g/mol. The first-order valence-electron chi connectivity index (χ1n) is 9.64. The van der Waals surface area contributed by atoms with Gasteiger partial charge >= 0.3 is 0 Å². The van der Waals surface area contributed by atoms with Gasteiger partial charge in [-0.25, -0.2) is 4.98 Å². The molecule has 4 rings (SSSR count). The molecule has 0 amide bonds. The zero-order chi connectivity index (χ0) is 22.7. The number of anilines is 1. The average molecular weight is 445 g/mol. The number of hydrogen-bond donors (Lipinski definition) is 2. The summed E-state index contributed by atoms with van der Waals surface area (Å²) in [5.74, 6) is 0.679. The number of halogens is 1. The summed E-state index contributed by atoms with van der Waals surface area (Å²) in [6.07, 6.45) is 1.72. The number of aryl methyl sites for hydroxylation is 1. The minimum absolute atomic E-state index is 0.0867. The molecule has 0 unspecified atom stereocenters. The highest BCUT2D eigenvalue weighted by Gasteiger charge is 2.15. The summed E-state index contributed by atoms with van der Waals surface area (Å²) in [7, 11) is 0. The Balaban J connectivity index is 1.49. The largest absolute Gasteiger partial charge is 0.364 e. The zero-order valence-corrected chi connectivity index (χ0v) is 17.7. The summed E-state index contributed by atoms with van der Waals surface area (Å²) in [5.41, 5.74) is 5.49. The molecule has 0 saturated carbocycles. The number of aromatic nitrogens is 3. The highest BCUT2D eigenvalue weighted by Crippen LogP contribution is 2.30. The maximum atomic E-state index is 11.1. The molecule has 0 saturated heterocycles. The molecule has 2 heterocycles. The standard InChI is InChI=1S/C23H17ClN6O2/c1-14-8-15(12-25)2-4-19(14)16-6-7-26-23(10-16)27-13-18-11-21(29-28-18)17-3-5-20(24)22(9-17)30(31)32/h2-11H,13H2,1H3,(H,26,27)(H,28,29). The van der Waals surface area contributed by atoms with Crippen molar-refractivity contribution < 1.29 is 4.92 Å². The summed E-state index contributed by atoms with van der Waals surface area (Å²) < 4.78 is 0. The van der Waals surface area contributed by atoms with Gasteiger partial charge in [0.05, 0.1) is 34.5 Å². The second-order valence-corrected chi connectivity index (χ2v) is 7.53. The molecule has 4 aromatic rings. The van der Waals surface area contributed by atoms with Crippen molar-refractivity contribution in [3.63, 3.8) is 0 Å². The summed E-state index contributed by atoms with van der Waals surface area (Å²) in [5, 5.41) is 30.7. The first kappa shape index (κ1) is 21.0. The topological polar surface area (TPSA) is 121 Å². The van der Waals surface area contributed by atoms with Crippen molar-refractivity contribution in [2.45, 2.75) is 13.5 Å². The quantitative estimate of drug-likeness (QED) is 0.299. The molecule has 0 spiro atoms. The van der Waals surface area contributed by atoms with Crippen LogP contribution in [0.15, 0.2) is 60.8 Å². The average Bonchev–Trinajstić information content (AvgIpc) is 3.27. The summed E-state index contributed by atoms with van der Waals surface area (Å²) in [6, 6.07) is 18.0. The van der Waals surface area contributed by atoms with E-state index in [9.17, 15) is 10.1 Å². The highest BCUT2D eigenvalue weighted by atomic mass is 35.5. The fourth-order valence-electron chi connectivity index (χ4n) is 3.35. The van der Waals surface area contributed by atoms with Crippen molar-refractivity contribution in [1.82, 2.24) is 15.2 Å². The van der Waals surface area contributed by atoms with E-state index in [1.165, 1.54) is 12.1 Å². The van der Waals surface area contributed by atoms with Crippen LogP contribution in [0.1, 0.15) is 16.8 Å². The van der Waals surface area contributed by atoms with Gasteiger partial charge in [0.25, 0.3) is 5.69 Å². The Kier molecular flexibility index (Phi) is 5.83. The lowest BCUT2D eigenvalue weighted by Gasteiger charge is -2.09. The fourth-order valence-corrected chi connectivity index (χ4v) is 3.54. The van der Waals surface area contributed by atoms with Gasteiger partial charge in [0.2, 0.25) is 0 Å². The molecule has 32 heavy (non-hydrogen) atoms. The molecule has 8 nitrogen and oxygen atoms in total. The number of H-pyrrole nitrogens is 1. The number of pyridine rings is 1. The minimum Gasteiger partial charge on any atom is -0.364 e. The molecule has 0 aliphatic heterocycles. The number of nitrogens with one attached hydrogen (secondary N) is 2. The number of benzene rings is 2. The number of nitro benzene ring substituents is 1. The number of aromatic amines is 1.